The van der Waals surface area contributed by atoms with Crippen LogP contribution in [0.1, 0.15) is 26.2 Å². The Balaban J connectivity index is 1.64. The normalized spacial score (nSPS) is 16.1. The first-order valence-electron chi connectivity index (χ1n) is 7.22. The molecule has 1 N–H and O–H groups in total. The van der Waals surface area contributed by atoms with Crippen LogP contribution < -0.4 is 14.8 Å². The van der Waals surface area contributed by atoms with Crippen molar-refractivity contribution in [1.82, 2.24) is 4.90 Å². The van der Waals surface area contributed by atoms with Crippen LogP contribution in [-0.2, 0) is 0 Å². The first-order chi connectivity index (χ1) is 9.76. The fourth-order valence-electron chi connectivity index (χ4n) is 2.33. The summed E-state index contributed by atoms with van der Waals surface area (Å²) < 4.78 is 10.7. The minimum absolute atomic E-state index is 0.298. The zero-order valence-corrected chi connectivity index (χ0v) is 12.5. The van der Waals surface area contributed by atoms with Gasteiger partial charge in [-0.1, -0.05) is 6.92 Å². The zero-order chi connectivity index (χ0) is 13.9. The van der Waals surface area contributed by atoms with E-state index in [1.54, 1.807) is 0 Å². The Morgan fingerprint density at radius 3 is 2.90 bits per heavy atom. The van der Waals surface area contributed by atoms with Crippen LogP contribution >= 0.6 is 12.2 Å². The second-order valence-corrected chi connectivity index (χ2v) is 5.77. The molecule has 1 saturated carbocycles. The molecule has 20 heavy (non-hydrogen) atoms. The highest BCUT2D eigenvalue weighted by Crippen LogP contribution is 2.34. The number of anilines is 1. The van der Waals surface area contributed by atoms with Crippen molar-refractivity contribution in [1.29, 1.82) is 0 Å². The van der Waals surface area contributed by atoms with Crippen molar-refractivity contribution >= 4 is 23.0 Å². The summed E-state index contributed by atoms with van der Waals surface area (Å²) in [6, 6.07) is 5.83. The van der Waals surface area contributed by atoms with Gasteiger partial charge in [-0.3, -0.25) is 0 Å². The molecule has 0 saturated heterocycles. The van der Waals surface area contributed by atoms with Crippen molar-refractivity contribution in [3.8, 4) is 11.5 Å². The number of fused-ring (bicyclic) bond motifs is 1. The molecule has 1 aliphatic heterocycles. The van der Waals surface area contributed by atoms with Crippen LogP contribution in [0.3, 0.4) is 0 Å². The summed E-state index contributed by atoms with van der Waals surface area (Å²) in [6.45, 7) is 4.56. The lowest BCUT2D eigenvalue weighted by molar-refractivity contribution is 0.174. The van der Waals surface area contributed by atoms with Crippen LogP contribution in [0.25, 0.3) is 0 Å². The van der Waals surface area contributed by atoms with Crippen LogP contribution in [0.4, 0.5) is 5.69 Å². The molecule has 5 heteroatoms. The summed E-state index contributed by atoms with van der Waals surface area (Å²) in [5.74, 6) is 2.41. The molecular formula is C15H20N2O2S. The SMILES string of the molecule is CCCN(CC1CC1)C(=S)Nc1ccc2c(c1)OCO2. The zero-order valence-electron chi connectivity index (χ0n) is 11.7. The van der Waals surface area contributed by atoms with Gasteiger partial charge >= 0.3 is 0 Å². The molecule has 0 amide bonds. The molecule has 0 aromatic heterocycles. The van der Waals surface area contributed by atoms with Gasteiger partial charge in [0.25, 0.3) is 0 Å². The summed E-state index contributed by atoms with van der Waals surface area (Å²) >= 11 is 5.54. The molecule has 1 fully saturated rings. The minimum atomic E-state index is 0.298. The van der Waals surface area contributed by atoms with Gasteiger partial charge in [0.15, 0.2) is 16.6 Å². The van der Waals surface area contributed by atoms with E-state index in [4.69, 9.17) is 21.7 Å². The van der Waals surface area contributed by atoms with Crippen molar-refractivity contribution < 1.29 is 9.47 Å². The largest absolute Gasteiger partial charge is 0.454 e. The van der Waals surface area contributed by atoms with E-state index in [0.29, 0.717) is 6.79 Å². The Kier molecular flexibility index (Phi) is 3.96. The first kappa shape index (κ1) is 13.5. The third-order valence-electron chi connectivity index (χ3n) is 3.58. The average molecular weight is 292 g/mol. The maximum absolute atomic E-state index is 5.54. The summed E-state index contributed by atoms with van der Waals surface area (Å²) in [7, 11) is 0. The molecule has 0 spiro atoms. The number of hydrogen-bond acceptors (Lipinski definition) is 3. The predicted octanol–water partition coefficient (Wildman–Crippen LogP) is 3.23. The Bertz CT molecular complexity index is 503. The van der Waals surface area contributed by atoms with Gasteiger partial charge < -0.3 is 19.7 Å². The van der Waals surface area contributed by atoms with Gasteiger partial charge in [0.05, 0.1) is 0 Å². The summed E-state index contributed by atoms with van der Waals surface area (Å²) in [4.78, 5) is 2.28. The van der Waals surface area contributed by atoms with Crippen LogP contribution in [0, 0.1) is 5.92 Å². The van der Waals surface area contributed by atoms with E-state index in [-0.39, 0.29) is 0 Å². The highest BCUT2D eigenvalue weighted by Gasteiger charge is 2.25. The molecule has 1 aromatic carbocycles. The van der Waals surface area contributed by atoms with Crippen LogP contribution in [-0.4, -0.2) is 29.9 Å². The molecule has 2 aliphatic rings. The van der Waals surface area contributed by atoms with E-state index in [1.807, 2.05) is 18.2 Å². The second-order valence-electron chi connectivity index (χ2n) is 5.39. The van der Waals surface area contributed by atoms with E-state index >= 15 is 0 Å². The fourth-order valence-corrected chi connectivity index (χ4v) is 2.62. The van der Waals surface area contributed by atoms with Gasteiger partial charge in [0.1, 0.15) is 0 Å². The lowest BCUT2D eigenvalue weighted by atomic mass is 10.3. The standard InChI is InChI=1S/C15H20N2O2S/c1-2-7-17(9-11-3-4-11)15(20)16-12-5-6-13-14(8-12)19-10-18-13/h5-6,8,11H,2-4,7,9-10H2,1H3,(H,16,20). The van der Waals surface area contributed by atoms with E-state index in [9.17, 15) is 0 Å². The number of nitrogens with one attached hydrogen (secondary N) is 1. The number of ether oxygens (including phenoxy) is 2. The highest BCUT2D eigenvalue weighted by molar-refractivity contribution is 7.80. The van der Waals surface area contributed by atoms with Crippen molar-refractivity contribution in [2.75, 3.05) is 25.2 Å². The lowest BCUT2D eigenvalue weighted by Gasteiger charge is -2.25. The first-order valence-corrected chi connectivity index (χ1v) is 7.62. The van der Waals surface area contributed by atoms with Crippen molar-refractivity contribution in [2.24, 2.45) is 5.92 Å². The third-order valence-corrected chi connectivity index (χ3v) is 3.94. The molecule has 0 bridgehead atoms. The monoisotopic (exact) mass is 292 g/mol. The van der Waals surface area contributed by atoms with Crippen LogP contribution in [0.15, 0.2) is 18.2 Å². The van der Waals surface area contributed by atoms with Gasteiger partial charge in [-0.15, -0.1) is 0 Å². The van der Waals surface area contributed by atoms with Crippen LogP contribution in [0.2, 0.25) is 0 Å². The van der Waals surface area contributed by atoms with Crippen LogP contribution in [0.5, 0.6) is 11.5 Å². The molecule has 1 aliphatic carbocycles. The van der Waals surface area contributed by atoms with Gasteiger partial charge in [0, 0.05) is 24.8 Å². The molecule has 0 radical (unpaired) electrons. The average Bonchev–Trinajstić information content (AvgIpc) is 3.13. The fraction of sp³-hybridized carbons (Fsp3) is 0.533. The maximum Gasteiger partial charge on any atom is 0.231 e. The van der Waals surface area contributed by atoms with E-state index in [1.165, 1.54) is 12.8 Å². The summed E-state index contributed by atoms with van der Waals surface area (Å²) in [5, 5.41) is 4.11. The topological polar surface area (TPSA) is 33.7 Å². The number of rotatable bonds is 5. The molecule has 3 rings (SSSR count). The van der Waals surface area contributed by atoms with Gasteiger partial charge in [-0.2, -0.15) is 0 Å². The van der Waals surface area contributed by atoms with Gasteiger partial charge in [0.2, 0.25) is 6.79 Å². The number of thiocarbonyl (C=S) groups is 1. The van der Waals surface area contributed by atoms with Crippen molar-refractivity contribution in [3.05, 3.63) is 18.2 Å². The Hall–Kier alpha value is -1.49. The highest BCUT2D eigenvalue weighted by atomic mass is 32.1. The second kappa shape index (κ2) is 5.87. The molecule has 1 aromatic rings. The van der Waals surface area contributed by atoms with Gasteiger partial charge in [-0.25, -0.2) is 0 Å². The smallest absolute Gasteiger partial charge is 0.231 e. The van der Waals surface area contributed by atoms with E-state index < -0.39 is 0 Å². The molecule has 0 atom stereocenters. The lowest BCUT2D eigenvalue weighted by Crippen LogP contribution is -2.36. The Morgan fingerprint density at radius 2 is 2.15 bits per heavy atom. The molecular weight excluding hydrogens is 272 g/mol. The molecule has 0 unspecified atom stereocenters. The third kappa shape index (κ3) is 3.15. The molecule has 4 nitrogen and oxygen atoms in total. The van der Waals surface area contributed by atoms with E-state index in [2.05, 4.69) is 17.1 Å². The van der Waals surface area contributed by atoms with Gasteiger partial charge in [-0.05, 0) is 49.5 Å². The summed E-state index contributed by atoms with van der Waals surface area (Å²) in [5.41, 5.74) is 0.955. The molecule has 1 heterocycles. The quantitative estimate of drug-likeness (QED) is 0.843. The van der Waals surface area contributed by atoms with Crippen molar-refractivity contribution in [3.63, 3.8) is 0 Å². The summed E-state index contributed by atoms with van der Waals surface area (Å²) in [6.07, 6.45) is 3.79. The number of hydrogen-bond donors (Lipinski definition) is 1. The molecule has 108 valence electrons. The number of nitrogens with zero attached hydrogens (tertiary/aromatic N) is 1. The maximum atomic E-state index is 5.54. The minimum Gasteiger partial charge on any atom is -0.454 e. The Morgan fingerprint density at radius 1 is 1.35 bits per heavy atom. The number of benzene rings is 1. The Labute approximate surface area is 125 Å². The van der Waals surface area contributed by atoms with Crippen molar-refractivity contribution in [2.45, 2.75) is 26.2 Å². The predicted molar refractivity (Wildman–Crippen MR) is 83.4 cm³/mol. The van der Waals surface area contributed by atoms with E-state index in [0.717, 1.165) is 47.7 Å².